The quantitative estimate of drug-likeness (QED) is 0.606. The zero-order valence-electron chi connectivity index (χ0n) is 17.2. The van der Waals surface area contributed by atoms with Gasteiger partial charge in [-0.1, -0.05) is 25.3 Å². The summed E-state index contributed by atoms with van der Waals surface area (Å²) in [6.45, 7) is -0.286. The Morgan fingerprint density at radius 3 is 2.77 bits per heavy atom. The van der Waals surface area contributed by atoms with Gasteiger partial charge in [0.05, 0.1) is 15.9 Å². The Balaban J connectivity index is 1.30. The number of likely N-dealkylation sites (N-methyl/N-ethyl adjacent to an activating group) is 1. The van der Waals surface area contributed by atoms with Crippen molar-refractivity contribution >= 4 is 45.9 Å². The van der Waals surface area contributed by atoms with Crippen LogP contribution >= 0.6 is 11.3 Å². The van der Waals surface area contributed by atoms with Crippen LogP contribution in [0.4, 0.5) is 10.5 Å². The SMILES string of the molecule is CN1C(=O)N(CC(=O)Nc2ccc3nc(-c4cccs4)[nH]c3c2)C(=O)C12CCCCC2. The summed E-state index contributed by atoms with van der Waals surface area (Å²) < 4.78 is 0. The van der Waals surface area contributed by atoms with E-state index in [1.807, 2.05) is 23.6 Å². The van der Waals surface area contributed by atoms with Gasteiger partial charge in [0.15, 0.2) is 0 Å². The van der Waals surface area contributed by atoms with E-state index in [1.54, 1.807) is 30.5 Å². The fourth-order valence-electron chi connectivity index (χ4n) is 4.63. The van der Waals surface area contributed by atoms with Crippen LogP contribution in [0.25, 0.3) is 21.7 Å². The standard InChI is InChI=1S/C22H23N5O3S/c1-26-21(30)27(20(29)22(26)9-3-2-4-10-22)13-18(28)23-14-7-8-15-16(12-14)25-19(24-15)17-6-5-11-31-17/h5-8,11-12H,2-4,9-10,13H2,1H3,(H,23,28)(H,24,25). The molecule has 1 spiro atoms. The number of imidazole rings is 1. The van der Waals surface area contributed by atoms with Gasteiger partial charge in [-0.05, 0) is 42.5 Å². The van der Waals surface area contributed by atoms with Crippen molar-refractivity contribution in [2.24, 2.45) is 0 Å². The highest BCUT2D eigenvalue weighted by atomic mass is 32.1. The molecule has 0 radical (unpaired) electrons. The second-order valence-electron chi connectivity index (χ2n) is 8.17. The number of carbonyl (C=O) groups excluding carboxylic acids is 3. The number of anilines is 1. The van der Waals surface area contributed by atoms with Gasteiger partial charge in [0, 0.05) is 12.7 Å². The van der Waals surface area contributed by atoms with Gasteiger partial charge in [0.25, 0.3) is 5.91 Å². The van der Waals surface area contributed by atoms with Crippen molar-refractivity contribution < 1.29 is 14.4 Å². The first-order valence-electron chi connectivity index (χ1n) is 10.4. The molecule has 1 saturated carbocycles. The molecule has 8 nitrogen and oxygen atoms in total. The van der Waals surface area contributed by atoms with Crippen molar-refractivity contribution in [2.75, 3.05) is 18.9 Å². The predicted molar refractivity (Wildman–Crippen MR) is 119 cm³/mol. The van der Waals surface area contributed by atoms with Gasteiger partial charge in [-0.2, -0.15) is 0 Å². The van der Waals surface area contributed by atoms with Crippen LogP contribution in [0.3, 0.4) is 0 Å². The maximum Gasteiger partial charge on any atom is 0.327 e. The molecule has 2 N–H and O–H groups in total. The van der Waals surface area contributed by atoms with Gasteiger partial charge in [0.1, 0.15) is 17.9 Å². The molecule has 0 unspecified atom stereocenters. The summed E-state index contributed by atoms with van der Waals surface area (Å²) in [6.07, 6.45) is 4.23. The van der Waals surface area contributed by atoms with Crippen LogP contribution in [0, 0.1) is 0 Å². The van der Waals surface area contributed by atoms with E-state index in [2.05, 4.69) is 15.3 Å². The van der Waals surface area contributed by atoms with Gasteiger partial charge in [-0.25, -0.2) is 9.78 Å². The van der Waals surface area contributed by atoms with E-state index in [-0.39, 0.29) is 12.5 Å². The fourth-order valence-corrected chi connectivity index (χ4v) is 5.30. The Labute approximate surface area is 183 Å². The minimum Gasteiger partial charge on any atom is -0.337 e. The summed E-state index contributed by atoms with van der Waals surface area (Å²) in [7, 11) is 1.67. The summed E-state index contributed by atoms with van der Waals surface area (Å²) in [5.41, 5.74) is 1.41. The van der Waals surface area contributed by atoms with Crippen LogP contribution in [0.15, 0.2) is 35.7 Å². The Morgan fingerprint density at radius 2 is 2.03 bits per heavy atom. The lowest BCUT2D eigenvalue weighted by atomic mass is 9.81. The molecule has 2 fully saturated rings. The molecule has 1 saturated heterocycles. The molecule has 1 aliphatic carbocycles. The van der Waals surface area contributed by atoms with Gasteiger partial charge in [0.2, 0.25) is 5.91 Å². The fraction of sp³-hybridized carbons (Fsp3) is 0.364. The number of nitrogens with one attached hydrogen (secondary N) is 2. The van der Waals surface area contributed by atoms with Crippen molar-refractivity contribution in [3.05, 3.63) is 35.7 Å². The van der Waals surface area contributed by atoms with Crippen LogP contribution in [-0.4, -0.2) is 56.7 Å². The minimum absolute atomic E-state index is 0.251. The van der Waals surface area contributed by atoms with Crippen LogP contribution in [-0.2, 0) is 9.59 Å². The second-order valence-corrected chi connectivity index (χ2v) is 9.12. The van der Waals surface area contributed by atoms with Gasteiger partial charge >= 0.3 is 6.03 Å². The molecule has 0 atom stereocenters. The van der Waals surface area contributed by atoms with Crippen molar-refractivity contribution in [3.8, 4) is 10.7 Å². The summed E-state index contributed by atoms with van der Waals surface area (Å²) in [4.78, 5) is 49.9. The Bertz CT molecular complexity index is 1160. The number of carbonyl (C=O) groups is 3. The third-order valence-corrected chi connectivity index (χ3v) is 7.18. The highest BCUT2D eigenvalue weighted by molar-refractivity contribution is 7.13. The molecule has 4 amide bonds. The predicted octanol–water partition coefficient (Wildman–Crippen LogP) is 3.83. The monoisotopic (exact) mass is 437 g/mol. The third kappa shape index (κ3) is 3.29. The molecule has 1 aliphatic heterocycles. The van der Waals surface area contributed by atoms with Gasteiger partial charge in [-0.3, -0.25) is 14.5 Å². The maximum absolute atomic E-state index is 13.1. The Kier molecular flexibility index (Phi) is 4.77. The molecule has 3 heterocycles. The zero-order valence-corrected chi connectivity index (χ0v) is 18.0. The molecule has 3 aromatic rings. The van der Waals surface area contributed by atoms with Crippen molar-refractivity contribution in [3.63, 3.8) is 0 Å². The van der Waals surface area contributed by atoms with E-state index in [4.69, 9.17) is 0 Å². The minimum atomic E-state index is -0.775. The van der Waals surface area contributed by atoms with Gasteiger partial charge < -0.3 is 15.2 Å². The number of fused-ring (bicyclic) bond motifs is 1. The molecule has 2 aliphatic rings. The molecular formula is C22H23N5O3S. The van der Waals surface area contributed by atoms with Crippen molar-refractivity contribution in [1.29, 1.82) is 0 Å². The van der Waals surface area contributed by atoms with Crippen molar-refractivity contribution in [2.45, 2.75) is 37.6 Å². The lowest BCUT2D eigenvalue weighted by Gasteiger charge is -2.35. The summed E-state index contributed by atoms with van der Waals surface area (Å²) in [5, 5.41) is 4.79. The Hall–Kier alpha value is -3.20. The third-order valence-electron chi connectivity index (χ3n) is 6.31. The molecular weight excluding hydrogens is 414 g/mol. The molecule has 9 heteroatoms. The molecule has 5 rings (SSSR count). The number of hydrogen-bond acceptors (Lipinski definition) is 5. The smallest absolute Gasteiger partial charge is 0.327 e. The number of amides is 4. The zero-order chi connectivity index (χ0) is 21.6. The molecule has 1 aromatic carbocycles. The second kappa shape index (κ2) is 7.49. The number of thiophene rings is 1. The number of rotatable bonds is 4. The van der Waals surface area contributed by atoms with E-state index in [9.17, 15) is 14.4 Å². The average Bonchev–Trinajstić information content (AvgIpc) is 3.48. The number of imide groups is 1. The highest BCUT2D eigenvalue weighted by Gasteiger charge is 2.55. The molecule has 31 heavy (non-hydrogen) atoms. The van der Waals surface area contributed by atoms with E-state index in [1.165, 1.54) is 4.90 Å². The van der Waals surface area contributed by atoms with Crippen LogP contribution in [0.2, 0.25) is 0 Å². The number of urea groups is 1. The van der Waals surface area contributed by atoms with Gasteiger partial charge in [-0.15, -0.1) is 11.3 Å². The molecule has 2 aromatic heterocycles. The number of aromatic nitrogens is 2. The number of benzene rings is 1. The van der Waals surface area contributed by atoms with E-state index in [0.717, 1.165) is 45.9 Å². The topological polar surface area (TPSA) is 98.4 Å². The number of aromatic amines is 1. The van der Waals surface area contributed by atoms with Crippen LogP contribution < -0.4 is 5.32 Å². The number of H-pyrrole nitrogens is 1. The van der Waals surface area contributed by atoms with Crippen LogP contribution in [0.1, 0.15) is 32.1 Å². The summed E-state index contributed by atoms with van der Waals surface area (Å²) in [5.74, 6) is 0.127. The van der Waals surface area contributed by atoms with Crippen LogP contribution in [0.5, 0.6) is 0 Å². The largest absolute Gasteiger partial charge is 0.337 e. The maximum atomic E-state index is 13.1. The number of nitrogens with zero attached hydrogens (tertiary/aromatic N) is 3. The first-order chi connectivity index (χ1) is 15.0. The average molecular weight is 438 g/mol. The van der Waals surface area contributed by atoms with E-state index < -0.39 is 17.5 Å². The molecule has 0 bridgehead atoms. The first kappa shape index (κ1) is 19.7. The van der Waals surface area contributed by atoms with E-state index >= 15 is 0 Å². The lowest BCUT2D eigenvalue weighted by Crippen LogP contribution is -2.49. The lowest BCUT2D eigenvalue weighted by molar-refractivity contribution is -0.136. The first-order valence-corrected chi connectivity index (χ1v) is 11.3. The molecule has 160 valence electrons. The van der Waals surface area contributed by atoms with E-state index in [0.29, 0.717) is 18.5 Å². The number of hydrogen-bond donors (Lipinski definition) is 2. The van der Waals surface area contributed by atoms with Crippen molar-refractivity contribution in [1.82, 2.24) is 19.8 Å². The highest BCUT2D eigenvalue weighted by Crippen LogP contribution is 2.39. The summed E-state index contributed by atoms with van der Waals surface area (Å²) >= 11 is 1.60. The Morgan fingerprint density at radius 1 is 1.23 bits per heavy atom. The summed E-state index contributed by atoms with van der Waals surface area (Å²) in [6, 6.07) is 8.96. The normalized spacial score (nSPS) is 18.4.